The second-order valence-electron chi connectivity index (χ2n) is 8.04. The monoisotopic (exact) mass is 357 g/mol. The average molecular weight is 357 g/mol. The van der Waals surface area contributed by atoms with Crippen molar-refractivity contribution >= 4 is 5.91 Å². The van der Waals surface area contributed by atoms with Gasteiger partial charge >= 0.3 is 0 Å². The van der Waals surface area contributed by atoms with Gasteiger partial charge in [-0.25, -0.2) is 0 Å². The number of nitrogens with zero attached hydrogens (tertiary/aromatic N) is 3. The van der Waals surface area contributed by atoms with Crippen molar-refractivity contribution in [1.82, 2.24) is 14.8 Å². The number of pyridine rings is 1. The molecule has 3 heterocycles. The maximum atomic E-state index is 13.8. The Balaban J connectivity index is 1.53. The fraction of sp³-hybridized carbons (Fsp3) is 0.714. The molecule has 2 saturated heterocycles. The van der Waals surface area contributed by atoms with E-state index in [-0.39, 0.29) is 11.6 Å². The molecular weight excluding hydrogens is 326 g/mol. The molecule has 1 saturated carbocycles. The van der Waals surface area contributed by atoms with Gasteiger partial charge in [0, 0.05) is 24.5 Å². The van der Waals surface area contributed by atoms with E-state index in [1.54, 1.807) is 6.20 Å². The van der Waals surface area contributed by atoms with Gasteiger partial charge in [-0.2, -0.15) is 0 Å². The number of amides is 1. The molecule has 3 fully saturated rings. The number of carbonyl (C=O) groups is 1. The molecular formula is C21H31N3O2. The second kappa shape index (κ2) is 8.05. The molecule has 3 aliphatic rings. The quantitative estimate of drug-likeness (QED) is 0.834. The molecule has 142 valence electrons. The van der Waals surface area contributed by atoms with Gasteiger partial charge in [-0.05, 0) is 44.8 Å². The van der Waals surface area contributed by atoms with Crippen LogP contribution >= 0.6 is 0 Å². The minimum atomic E-state index is -0.254. The third-order valence-corrected chi connectivity index (χ3v) is 6.45. The first-order valence-electron chi connectivity index (χ1n) is 10.4. The molecule has 0 radical (unpaired) electrons. The molecule has 0 bridgehead atoms. The highest BCUT2D eigenvalue weighted by Gasteiger charge is 2.47. The fourth-order valence-corrected chi connectivity index (χ4v) is 5.02. The van der Waals surface area contributed by atoms with Crippen LogP contribution in [0.4, 0.5) is 0 Å². The Morgan fingerprint density at radius 3 is 2.58 bits per heavy atom. The van der Waals surface area contributed by atoms with Gasteiger partial charge in [0.05, 0.1) is 13.2 Å². The minimum absolute atomic E-state index is 0.0524. The zero-order valence-corrected chi connectivity index (χ0v) is 15.7. The summed E-state index contributed by atoms with van der Waals surface area (Å²) in [5, 5.41) is 0. The summed E-state index contributed by atoms with van der Waals surface area (Å²) in [6.45, 7) is 4.15. The molecule has 26 heavy (non-hydrogen) atoms. The Kier molecular flexibility index (Phi) is 5.55. The van der Waals surface area contributed by atoms with Gasteiger partial charge in [-0.15, -0.1) is 0 Å². The number of morpholine rings is 1. The lowest BCUT2D eigenvalue weighted by Crippen LogP contribution is -2.63. The smallest absolute Gasteiger partial charge is 0.243 e. The molecule has 0 N–H and O–H groups in total. The summed E-state index contributed by atoms with van der Waals surface area (Å²) < 4.78 is 5.96. The van der Waals surface area contributed by atoms with Crippen LogP contribution in [0.5, 0.6) is 0 Å². The van der Waals surface area contributed by atoms with Crippen molar-refractivity contribution in [2.75, 3.05) is 32.8 Å². The second-order valence-corrected chi connectivity index (χ2v) is 8.04. The van der Waals surface area contributed by atoms with Crippen molar-refractivity contribution in [2.24, 2.45) is 0 Å². The molecule has 1 aromatic rings. The van der Waals surface area contributed by atoms with Crippen LogP contribution in [-0.4, -0.2) is 59.0 Å². The minimum Gasteiger partial charge on any atom is -0.370 e. The topological polar surface area (TPSA) is 45.7 Å². The van der Waals surface area contributed by atoms with Crippen molar-refractivity contribution in [3.8, 4) is 0 Å². The Bertz CT molecular complexity index is 595. The van der Waals surface area contributed by atoms with E-state index in [4.69, 9.17) is 4.74 Å². The van der Waals surface area contributed by atoms with Crippen molar-refractivity contribution in [3.05, 3.63) is 30.1 Å². The maximum absolute atomic E-state index is 13.8. The third-order valence-electron chi connectivity index (χ3n) is 6.45. The molecule has 1 atom stereocenters. The first kappa shape index (κ1) is 17.9. The molecule has 5 heteroatoms. The number of rotatable bonds is 3. The van der Waals surface area contributed by atoms with E-state index in [9.17, 15) is 4.79 Å². The van der Waals surface area contributed by atoms with Crippen LogP contribution < -0.4 is 0 Å². The summed E-state index contributed by atoms with van der Waals surface area (Å²) in [5.41, 5.74) is 0.816. The van der Waals surface area contributed by atoms with Gasteiger partial charge < -0.3 is 9.64 Å². The number of piperidine rings is 1. The summed E-state index contributed by atoms with van der Waals surface area (Å²) in [4.78, 5) is 22.6. The van der Waals surface area contributed by atoms with Crippen molar-refractivity contribution in [2.45, 2.75) is 63.0 Å². The van der Waals surface area contributed by atoms with Crippen molar-refractivity contribution in [3.63, 3.8) is 0 Å². The first-order valence-corrected chi connectivity index (χ1v) is 10.4. The SMILES string of the molecule is O=C(N1CCO[C@H](c2cccnc2)C1)C1(N2CCCCC2)CCCCC1. The van der Waals surface area contributed by atoms with E-state index in [0.717, 1.165) is 31.5 Å². The number of ether oxygens (including phenoxy) is 1. The maximum Gasteiger partial charge on any atom is 0.243 e. The van der Waals surface area contributed by atoms with Gasteiger partial charge in [-0.3, -0.25) is 14.7 Å². The molecule has 4 rings (SSSR count). The molecule has 5 nitrogen and oxygen atoms in total. The zero-order chi connectivity index (χ0) is 17.8. The van der Waals surface area contributed by atoms with Gasteiger partial charge in [0.2, 0.25) is 5.91 Å². The summed E-state index contributed by atoms with van der Waals surface area (Å²) in [5.74, 6) is 0.358. The van der Waals surface area contributed by atoms with Crippen molar-refractivity contribution < 1.29 is 9.53 Å². The Labute approximate surface area is 156 Å². The van der Waals surface area contributed by atoms with Crippen molar-refractivity contribution in [1.29, 1.82) is 0 Å². The zero-order valence-electron chi connectivity index (χ0n) is 15.7. The summed E-state index contributed by atoms with van der Waals surface area (Å²) in [7, 11) is 0. The van der Waals surface area contributed by atoms with E-state index in [1.807, 2.05) is 18.3 Å². The molecule has 2 aliphatic heterocycles. The van der Waals surface area contributed by atoms with Gasteiger partial charge in [0.25, 0.3) is 0 Å². The molecule has 1 aliphatic carbocycles. The lowest BCUT2D eigenvalue weighted by molar-refractivity contribution is -0.156. The van der Waals surface area contributed by atoms with Gasteiger partial charge in [0.1, 0.15) is 11.6 Å². The van der Waals surface area contributed by atoms with Crippen LogP contribution in [0.2, 0.25) is 0 Å². The number of likely N-dealkylation sites (tertiary alicyclic amines) is 1. The lowest BCUT2D eigenvalue weighted by atomic mass is 9.78. The molecule has 0 aromatic carbocycles. The standard InChI is InChI=1S/C21H31N3O2/c25-20(21(9-3-1-4-10-21)24-12-5-2-6-13-24)23-14-15-26-19(17-23)18-8-7-11-22-16-18/h7-8,11,16,19H,1-6,9-10,12-15,17H2/t19-/m0/s1. The summed E-state index contributed by atoms with van der Waals surface area (Å²) in [6.07, 6.45) is 13.0. The summed E-state index contributed by atoms with van der Waals surface area (Å²) >= 11 is 0. The predicted octanol–water partition coefficient (Wildman–Crippen LogP) is 3.17. The van der Waals surface area contributed by atoms with Crippen LogP contribution in [0.15, 0.2) is 24.5 Å². The highest BCUT2D eigenvalue weighted by atomic mass is 16.5. The Morgan fingerprint density at radius 2 is 1.85 bits per heavy atom. The van der Waals surface area contributed by atoms with Crippen LogP contribution in [0.1, 0.15) is 63.0 Å². The molecule has 1 amide bonds. The highest BCUT2D eigenvalue weighted by Crippen LogP contribution is 2.38. The Hall–Kier alpha value is -1.46. The van der Waals surface area contributed by atoms with E-state index in [2.05, 4.69) is 14.8 Å². The number of aromatic nitrogens is 1. The molecule has 0 unspecified atom stereocenters. The highest BCUT2D eigenvalue weighted by molar-refractivity contribution is 5.86. The average Bonchev–Trinajstić information content (AvgIpc) is 2.75. The number of carbonyl (C=O) groups excluding carboxylic acids is 1. The molecule has 1 aromatic heterocycles. The largest absolute Gasteiger partial charge is 0.370 e. The number of hydrogen-bond acceptors (Lipinski definition) is 4. The Morgan fingerprint density at radius 1 is 1.08 bits per heavy atom. The van der Waals surface area contributed by atoms with E-state index < -0.39 is 0 Å². The number of hydrogen-bond donors (Lipinski definition) is 0. The van der Waals surface area contributed by atoms with Gasteiger partial charge in [0.15, 0.2) is 0 Å². The van der Waals surface area contributed by atoms with Gasteiger partial charge in [-0.1, -0.05) is 31.7 Å². The fourth-order valence-electron chi connectivity index (χ4n) is 5.02. The lowest BCUT2D eigenvalue weighted by Gasteiger charge is -2.49. The van der Waals surface area contributed by atoms with Crippen LogP contribution in [0.25, 0.3) is 0 Å². The van der Waals surface area contributed by atoms with E-state index >= 15 is 0 Å². The van der Waals surface area contributed by atoms with Crippen LogP contribution in [0.3, 0.4) is 0 Å². The van der Waals surface area contributed by atoms with E-state index in [0.29, 0.717) is 25.6 Å². The van der Waals surface area contributed by atoms with E-state index in [1.165, 1.54) is 38.5 Å². The molecule has 0 spiro atoms. The predicted molar refractivity (Wildman–Crippen MR) is 101 cm³/mol. The van der Waals surface area contributed by atoms with Crippen LogP contribution in [0, 0.1) is 0 Å². The van der Waals surface area contributed by atoms with Crippen LogP contribution in [-0.2, 0) is 9.53 Å². The summed E-state index contributed by atoms with van der Waals surface area (Å²) in [6, 6.07) is 3.99. The first-order chi connectivity index (χ1) is 12.8. The normalized spacial score (nSPS) is 27.2. The third kappa shape index (κ3) is 3.52.